The Labute approximate surface area is 117 Å². The lowest BCUT2D eigenvalue weighted by atomic mass is 9.96. The Bertz CT molecular complexity index is 635. The third kappa shape index (κ3) is 3.37. The Balaban J connectivity index is 2.63. The fraction of sp³-hybridized carbons (Fsp3) is 0.200. The van der Waals surface area contributed by atoms with Crippen LogP contribution in [-0.4, -0.2) is 0 Å². The summed E-state index contributed by atoms with van der Waals surface area (Å²) in [5.41, 5.74) is -1.80. The van der Waals surface area contributed by atoms with Crippen LogP contribution in [0.15, 0.2) is 42.5 Å². The molecule has 0 heterocycles. The van der Waals surface area contributed by atoms with Crippen molar-refractivity contribution in [2.75, 3.05) is 0 Å². The molecule has 0 atom stereocenters. The van der Waals surface area contributed by atoms with Gasteiger partial charge in [0.1, 0.15) is 0 Å². The molecule has 0 aliphatic rings. The fourth-order valence-corrected chi connectivity index (χ4v) is 1.94. The normalized spacial score (nSPS) is 12.5. The van der Waals surface area contributed by atoms with Gasteiger partial charge in [-0.25, -0.2) is 0 Å². The summed E-state index contributed by atoms with van der Waals surface area (Å²) in [4.78, 5) is 0. The SMILES string of the molecule is Cc1ccc(-c2ccc(C(F)(F)F)cc2C(F)(F)F)cc1. The van der Waals surface area contributed by atoms with Crippen LogP contribution >= 0.6 is 0 Å². The number of benzene rings is 2. The number of rotatable bonds is 1. The van der Waals surface area contributed by atoms with Gasteiger partial charge in [0.25, 0.3) is 0 Å². The lowest BCUT2D eigenvalue weighted by Crippen LogP contribution is -2.12. The lowest BCUT2D eigenvalue weighted by Gasteiger charge is -2.16. The average molecular weight is 304 g/mol. The second kappa shape index (κ2) is 5.09. The zero-order valence-corrected chi connectivity index (χ0v) is 10.8. The van der Waals surface area contributed by atoms with Crippen molar-refractivity contribution in [2.45, 2.75) is 19.3 Å². The summed E-state index contributed by atoms with van der Waals surface area (Å²) in [6.07, 6.45) is -9.67. The third-order valence-electron chi connectivity index (χ3n) is 3.01. The Morgan fingerprint density at radius 1 is 0.714 bits per heavy atom. The van der Waals surface area contributed by atoms with Crippen LogP contribution in [0.5, 0.6) is 0 Å². The number of hydrogen-bond donors (Lipinski definition) is 0. The highest BCUT2D eigenvalue weighted by Gasteiger charge is 2.38. The van der Waals surface area contributed by atoms with Crippen LogP contribution in [0.1, 0.15) is 16.7 Å². The molecule has 0 bridgehead atoms. The third-order valence-corrected chi connectivity index (χ3v) is 3.01. The van der Waals surface area contributed by atoms with Crippen LogP contribution in [0.25, 0.3) is 11.1 Å². The Kier molecular flexibility index (Phi) is 3.74. The van der Waals surface area contributed by atoms with Gasteiger partial charge in [-0.3, -0.25) is 0 Å². The first-order valence-electron chi connectivity index (χ1n) is 5.94. The van der Waals surface area contributed by atoms with E-state index in [2.05, 4.69) is 0 Å². The van der Waals surface area contributed by atoms with Crippen LogP contribution < -0.4 is 0 Å². The summed E-state index contributed by atoms with van der Waals surface area (Å²) in [6, 6.07) is 7.77. The van der Waals surface area contributed by atoms with E-state index in [1.807, 2.05) is 0 Å². The van der Waals surface area contributed by atoms with Crippen molar-refractivity contribution in [3.05, 3.63) is 59.2 Å². The van der Waals surface area contributed by atoms with Crippen molar-refractivity contribution < 1.29 is 26.3 Å². The second-order valence-corrected chi connectivity index (χ2v) is 4.62. The molecule has 0 radical (unpaired) electrons. The molecule has 2 aromatic carbocycles. The van der Waals surface area contributed by atoms with E-state index in [4.69, 9.17) is 0 Å². The molecule has 0 fully saturated rings. The molecular formula is C15H10F6. The zero-order chi connectivity index (χ0) is 15.8. The molecule has 2 aromatic rings. The molecule has 0 saturated heterocycles. The van der Waals surface area contributed by atoms with Crippen molar-refractivity contribution in [1.29, 1.82) is 0 Å². The van der Waals surface area contributed by atoms with Crippen LogP contribution in [0.4, 0.5) is 26.3 Å². The summed E-state index contributed by atoms with van der Waals surface area (Å²) in [5, 5.41) is 0. The minimum Gasteiger partial charge on any atom is -0.166 e. The van der Waals surface area contributed by atoms with Crippen molar-refractivity contribution in [1.82, 2.24) is 0 Å². The highest BCUT2D eigenvalue weighted by Crippen LogP contribution is 2.40. The predicted octanol–water partition coefficient (Wildman–Crippen LogP) is 5.70. The maximum absolute atomic E-state index is 13.0. The summed E-state index contributed by atoms with van der Waals surface area (Å²) >= 11 is 0. The number of aryl methyl sites for hydroxylation is 1. The van der Waals surface area contributed by atoms with Crippen LogP contribution in [0.3, 0.4) is 0 Å². The lowest BCUT2D eigenvalue weighted by molar-refractivity contribution is -0.142. The summed E-state index contributed by atoms with van der Waals surface area (Å²) < 4.78 is 76.8. The van der Waals surface area contributed by atoms with Crippen LogP contribution in [-0.2, 0) is 12.4 Å². The Morgan fingerprint density at radius 2 is 1.29 bits per heavy atom. The minimum absolute atomic E-state index is 0.148. The molecule has 0 N–H and O–H groups in total. The monoisotopic (exact) mass is 304 g/mol. The van der Waals surface area contributed by atoms with Gasteiger partial charge in [0, 0.05) is 0 Å². The summed E-state index contributed by atoms with van der Waals surface area (Å²) in [6.45, 7) is 1.77. The van der Waals surface area contributed by atoms with Crippen LogP contribution in [0.2, 0.25) is 0 Å². The number of alkyl halides is 6. The van der Waals surface area contributed by atoms with Gasteiger partial charge in [-0.2, -0.15) is 26.3 Å². The first-order chi connectivity index (χ1) is 9.59. The molecular weight excluding hydrogens is 294 g/mol. The molecule has 21 heavy (non-hydrogen) atoms. The second-order valence-electron chi connectivity index (χ2n) is 4.62. The van der Waals surface area contributed by atoms with E-state index in [1.54, 1.807) is 19.1 Å². The van der Waals surface area contributed by atoms with Gasteiger partial charge in [-0.15, -0.1) is 0 Å². The molecule has 0 unspecified atom stereocenters. The Morgan fingerprint density at radius 3 is 1.76 bits per heavy atom. The zero-order valence-electron chi connectivity index (χ0n) is 10.8. The topological polar surface area (TPSA) is 0 Å². The van der Waals surface area contributed by atoms with E-state index in [0.29, 0.717) is 6.07 Å². The molecule has 0 spiro atoms. The standard InChI is InChI=1S/C15H10F6/c1-9-2-4-10(5-3-9)12-7-6-11(14(16,17)18)8-13(12)15(19,20)21/h2-8H,1H3. The van der Waals surface area contributed by atoms with Gasteiger partial charge < -0.3 is 0 Å². The minimum atomic E-state index is -4.86. The molecule has 0 saturated carbocycles. The van der Waals surface area contributed by atoms with Gasteiger partial charge in [-0.05, 0) is 30.2 Å². The highest BCUT2D eigenvalue weighted by molar-refractivity contribution is 5.69. The van der Waals surface area contributed by atoms with Crippen molar-refractivity contribution in [3.8, 4) is 11.1 Å². The summed E-state index contributed by atoms with van der Waals surface area (Å²) in [7, 11) is 0. The van der Waals surface area contributed by atoms with Gasteiger partial charge in [-0.1, -0.05) is 35.9 Å². The van der Waals surface area contributed by atoms with E-state index in [0.717, 1.165) is 11.6 Å². The quantitative estimate of drug-likeness (QED) is 0.593. The number of halogens is 6. The van der Waals surface area contributed by atoms with Crippen molar-refractivity contribution >= 4 is 0 Å². The first-order valence-corrected chi connectivity index (χ1v) is 5.94. The van der Waals surface area contributed by atoms with E-state index >= 15 is 0 Å². The highest BCUT2D eigenvalue weighted by atomic mass is 19.4. The number of hydrogen-bond acceptors (Lipinski definition) is 0. The predicted molar refractivity (Wildman–Crippen MR) is 66.6 cm³/mol. The molecule has 0 aliphatic carbocycles. The van der Waals surface area contributed by atoms with E-state index in [1.165, 1.54) is 12.1 Å². The maximum atomic E-state index is 13.0. The van der Waals surface area contributed by atoms with Gasteiger partial charge in [0.15, 0.2) is 0 Å². The van der Waals surface area contributed by atoms with Gasteiger partial charge in [0.05, 0.1) is 11.1 Å². The smallest absolute Gasteiger partial charge is 0.166 e. The average Bonchev–Trinajstić information content (AvgIpc) is 2.37. The first kappa shape index (κ1) is 15.4. The fourth-order valence-electron chi connectivity index (χ4n) is 1.94. The molecule has 0 nitrogen and oxygen atoms in total. The van der Waals surface area contributed by atoms with E-state index in [-0.39, 0.29) is 17.2 Å². The van der Waals surface area contributed by atoms with Gasteiger partial charge >= 0.3 is 12.4 Å². The van der Waals surface area contributed by atoms with Crippen molar-refractivity contribution in [3.63, 3.8) is 0 Å². The maximum Gasteiger partial charge on any atom is 0.417 e. The molecule has 0 amide bonds. The molecule has 2 rings (SSSR count). The van der Waals surface area contributed by atoms with E-state index in [9.17, 15) is 26.3 Å². The van der Waals surface area contributed by atoms with E-state index < -0.39 is 23.5 Å². The van der Waals surface area contributed by atoms with Gasteiger partial charge in [0.2, 0.25) is 0 Å². The molecule has 0 aromatic heterocycles. The van der Waals surface area contributed by atoms with Crippen molar-refractivity contribution in [2.24, 2.45) is 0 Å². The Hall–Kier alpha value is -1.98. The molecule has 112 valence electrons. The molecule has 0 aliphatic heterocycles. The van der Waals surface area contributed by atoms with Crippen LogP contribution in [0, 0.1) is 6.92 Å². The largest absolute Gasteiger partial charge is 0.417 e. The molecule has 6 heteroatoms. The summed E-state index contributed by atoms with van der Waals surface area (Å²) in [5.74, 6) is 0.